The highest BCUT2D eigenvalue weighted by atomic mass is 79.9. The van der Waals surface area contributed by atoms with E-state index in [1.54, 1.807) is 4.90 Å². The van der Waals surface area contributed by atoms with Crippen LogP contribution in [-0.4, -0.2) is 42.5 Å². The van der Waals surface area contributed by atoms with Gasteiger partial charge in [-0.05, 0) is 30.2 Å². The van der Waals surface area contributed by atoms with Crippen molar-refractivity contribution in [1.82, 2.24) is 4.90 Å². The summed E-state index contributed by atoms with van der Waals surface area (Å²) >= 11 is 3.37. The first-order valence-electron chi connectivity index (χ1n) is 7.19. The Hall–Kier alpha value is -1.57. The fourth-order valence-corrected chi connectivity index (χ4v) is 3.53. The van der Waals surface area contributed by atoms with Crippen LogP contribution in [0.3, 0.4) is 0 Å². The topological polar surface area (TPSA) is 40.6 Å². The molecule has 1 saturated heterocycles. The third-order valence-corrected chi connectivity index (χ3v) is 4.63. The Morgan fingerprint density at radius 1 is 1.35 bits per heavy atom. The zero-order valence-corrected chi connectivity index (χ0v) is 13.7. The Kier molecular flexibility index (Phi) is 4.12. The van der Waals surface area contributed by atoms with E-state index in [9.17, 15) is 22.8 Å². The third kappa shape index (κ3) is 3.36. The quantitative estimate of drug-likeness (QED) is 0.778. The first kappa shape index (κ1) is 16.3. The highest BCUT2D eigenvalue weighted by molar-refractivity contribution is 9.10. The van der Waals surface area contributed by atoms with Gasteiger partial charge >= 0.3 is 6.18 Å². The number of likely N-dealkylation sites (tertiary alicyclic amines) is 1. The summed E-state index contributed by atoms with van der Waals surface area (Å²) in [4.78, 5) is 26.6. The molecule has 2 aliphatic heterocycles. The van der Waals surface area contributed by atoms with E-state index in [-0.39, 0.29) is 18.9 Å². The van der Waals surface area contributed by atoms with Gasteiger partial charge in [0.2, 0.25) is 11.8 Å². The zero-order chi connectivity index (χ0) is 16.8. The molecule has 0 spiro atoms. The maximum absolute atomic E-state index is 12.6. The van der Waals surface area contributed by atoms with Gasteiger partial charge in [0.15, 0.2) is 0 Å². The van der Waals surface area contributed by atoms with Crippen molar-refractivity contribution in [3.63, 3.8) is 0 Å². The molecule has 0 radical (unpaired) electrons. The SMILES string of the molecule is O=C1CC(C(=O)N2CCc3cc(Br)ccc32)CN1CC(F)(F)F. The number of amides is 2. The lowest BCUT2D eigenvalue weighted by molar-refractivity contribution is -0.157. The molecule has 0 bridgehead atoms. The summed E-state index contributed by atoms with van der Waals surface area (Å²) in [6, 6.07) is 5.56. The van der Waals surface area contributed by atoms with E-state index in [2.05, 4.69) is 15.9 Å². The number of hydrogen-bond acceptors (Lipinski definition) is 2. The van der Waals surface area contributed by atoms with Gasteiger partial charge in [-0.25, -0.2) is 0 Å². The second kappa shape index (κ2) is 5.81. The standard InChI is InChI=1S/C15H14BrF3N2O2/c16-11-1-2-12-9(5-11)3-4-21(12)14(23)10-6-13(22)20(7-10)8-15(17,18)19/h1-2,5,10H,3-4,6-8H2. The molecular weight excluding hydrogens is 377 g/mol. The molecule has 1 aromatic rings. The van der Waals surface area contributed by atoms with Gasteiger partial charge in [0.1, 0.15) is 6.54 Å². The van der Waals surface area contributed by atoms with Crippen molar-refractivity contribution in [2.75, 3.05) is 24.5 Å². The van der Waals surface area contributed by atoms with Gasteiger partial charge in [-0.2, -0.15) is 13.2 Å². The van der Waals surface area contributed by atoms with Gasteiger partial charge < -0.3 is 9.80 Å². The van der Waals surface area contributed by atoms with Crippen molar-refractivity contribution < 1.29 is 22.8 Å². The van der Waals surface area contributed by atoms with Crippen molar-refractivity contribution in [3.8, 4) is 0 Å². The number of rotatable bonds is 2. The van der Waals surface area contributed by atoms with Crippen LogP contribution in [0.15, 0.2) is 22.7 Å². The molecule has 23 heavy (non-hydrogen) atoms. The van der Waals surface area contributed by atoms with Crippen LogP contribution in [0.4, 0.5) is 18.9 Å². The number of carbonyl (C=O) groups excluding carboxylic acids is 2. The predicted molar refractivity (Wildman–Crippen MR) is 80.9 cm³/mol. The first-order valence-corrected chi connectivity index (χ1v) is 7.98. The molecule has 1 unspecified atom stereocenters. The number of benzene rings is 1. The molecule has 4 nitrogen and oxygen atoms in total. The van der Waals surface area contributed by atoms with Gasteiger partial charge in [-0.15, -0.1) is 0 Å². The Morgan fingerprint density at radius 2 is 2.09 bits per heavy atom. The molecule has 0 N–H and O–H groups in total. The Morgan fingerprint density at radius 3 is 2.78 bits per heavy atom. The van der Waals surface area contributed by atoms with Crippen LogP contribution in [0.25, 0.3) is 0 Å². The molecule has 1 aromatic carbocycles. The van der Waals surface area contributed by atoms with E-state index in [0.717, 1.165) is 20.6 Å². The third-order valence-electron chi connectivity index (χ3n) is 4.14. The van der Waals surface area contributed by atoms with Crippen molar-refractivity contribution in [3.05, 3.63) is 28.2 Å². The van der Waals surface area contributed by atoms with E-state index in [4.69, 9.17) is 0 Å². The van der Waals surface area contributed by atoms with Gasteiger partial charge in [0.05, 0.1) is 5.92 Å². The van der Waals surface area contributed by atoms with E-state index >= 15 is 0 Å². The molecule has 124 valence electrons. The summed E-state index contributed by atoms with van der Waals surface area (Å²) in [7, 11) is 0. The summed E-state index contributed by atoms with van der Waals surface area (Å²) in [5.74, 6) is -1.60. The van der Waals surface area contributed by atoms with E-state index in [0.29, 0.717) is 13.0 Å². The molecule has 2 amide bonds. The van der Waals surface area contributed by atoms with E-state index < -0.39 is 24.5 Å². The average molecular weight is 391 g/mol. The van der Waals surface area contributed by atoms with Crippen LogP contribution in [0.1, 0.15) is 12.0 Å². The Bertz CT molecular complexity index is 663. The van der Waals surface area contributed by atoms with E-state index in [1.165, 1.54) is 0 Å². The predicted octanol–water partition coefficient (Wildman–Crippen LogP) is 2.75. The average Bonchev–Trinajstić information content (AvgIpc) is 3.00. The molecule has 0 saturated carbocycles. The van der Waals surface area contributed by atoms with Gasteiger partial charge in [0, 0.05) is 29.7 Å². The Labute approximate surface area is 139 Å². The number of anilines is 1. The van der Waals surface area contributed by atoms with E-state index in [1.807, 2.05) is 18.2 Å². The molecule has 8 heteroatoms. The van der Waals surface area contributed by atoms with Crippen LogP contribution in [0, 0.1) is 5.92 Å². The zero-order valence-electron chi connectivity index (χ0n) is 12.1. The Balaban J connectivity index is 1.72. The minimum atomic E-state index is -4.44. The van der Waals surface area contributed by atoms with Gasteiger partial charge in [-0.1, -0.05) is 15.9 Å². The number of alkyl halides is 3. The van der Waals surface area contributed by atoms with Crippen molar-refractivity contribution in [2.24, 2.45) is 5.92 Å². The second-order valence-electron chi connectivity index (χ2n) is 5.80. The highest BCUT2D eigenvalue weighted by Crippen LogP contribution is 2.33. The number of hydrogen-bond donors (Lipinski definition) is 0. The summed E-state index contributed by atoms with van der Waals surface area (Å²) in [5, 5.41) is 0. The van der Waals surface area contributed by atoms with Crippen molar-refractivity contribution >= 4 is 33.4 Å². The molecule has 2 heterocycles. The van der Waals surface area contributed by atoms with Crippen LogP contribution in [0.5, 0.6) is 0 Å². The molecule has 2 aliphatic rings. The number of halogens is 4. The maximum Gasteiger partial charge on any atom is 0.406 e. The normalized spacial score (nSPS) is 21.0. The summed E-state index contributed by atoms with van der Waals surface area (Å²) in [6.45, 7) is -0.965. The highest BCUT2D eigenvalue weighted by Gasteiger charge is 2.42. The number of nitrogens with zero attached hydrogens (tertiary/aromatic N) is 2. The smallest absolute Gasteiger partial charge is 0.333 e. The summed E-state index contributed by atoms with van der Waals surface area (Å²) < 4.78 is 38.3. The van der Waals surface area contributed by atoms with Crippen LogP contribution in [-0.2, 0) is 16.0 Å². The lowest BCUT2D eigenvalue weighted by atomic mass is 10.1. The molecule has 0 aromatic heterocycles. The fraction of sp³-hybridized carbons (Fsp3) is 0.467. The first-order chi connectivity index (χ1) is 10.7. The number of fused-ring (bicyclic) bond motifs is 1. The largest absolute Gasteiger partial charge is 0.406 e. The monoisotopic (exact) mass is 390 g/mol. The van der Waals surface area contributed by atoms with Crippen LogP contribution < -0.4 is 4.90 Å². The molecule has 1 atom stereocenters. The molecule has 3 rings (SSSR count). The van der Waals surface area contributed by atoms with Crippen LogP contribution >= 0.6 is 15.9 Å². The van der Waals surface area contributed by atoms with Crippen LogP contribution in [0.2, 0.25) is 0 Å². The van der Waals surface area contributed by atoms with Gasteiger partial charge in [0.25, 0.3) is 0 Å². The minimum Gasteiger partial charge on any atom is -0.333 e. The minimum absolute atomic E-state index is 0.155. The molecular formula is C15H14BrF3N2O2. The fourth-order valence-electron chi connectivity index (χ4n) is 3.13. The second-order valence-corrected chi connectivity index (χ2v) is 6.72. The van der Waals surface area contributed by atoms with Crippen molar-refractivity contribution in [1.29, 1.82) is 0 Å². The molecule has 0 aliphatic carbocycles. The maximum atomic E-state index is 12.6. The van der Waals surface area contributed by atoms with Crippen molar-refractivity contribution in [2.45, 2.75) is 19.0 Å². The summed E-state index contributed by atoms with van der Waals surface area (Å²) in [5.41, 5.74) is 1.80. The number of carbonyl (C=O) groups is 2. The van der Waals surface area contributed by atoms with Gasteiger partial charge in [-0.3, -0.25) is 9.59 Å². The summed E-state index contributed by atoms with van der Waals surface area (Å²) in [6.07, 6.45) is -3.90. The molecule has 1 fully saturated rings. The lowest BCUT2D eigenvalue weighted by Crippen LogP contribution is -2.38. The lowest BCUT2D eigenvalue weighted by Gasteiger charge is -2.22.